The third-order valence-electron chi connectivity index (χ3n) is 5.25. The fourth-order valence-electron chi connectivity index (χ4n) is 3.87. The van der Waals surface area contributed by atoms with Gasteiger partial charge in [0.2, 0.25) is 5.88 Å². The van der Waals surface area contributed by atoms with Crippen LogP contribution in [0, 0.1) is 0 Å². The number of ether oxygens (including phenoxy) is 3. The summed E-state index contributed by atoms with van der Waals surface area (Å²) in [6.07, 6.45) is 2.58. The number of fused-ring (bicyclic) bond motifs is 1. The normalized spacial score (nSPS) is 18.2. The average Bonchev–Trinajstić information content (AvgIpc) is 2.77. The molecule has 1 N–H and O–H groups in total. The molecule has 0 aliphatic carbocycles. The Balaban J connectivity index is 1.81. The first-order valence-corrected chi connectivity index (χ1v) is 9.29. The van der Waals surface area contributed by atoms with E-state index in [1.807, 2.05) is 24.3 Å². The van der Waals surface area contributed by atoms with Crippen molar-refractivity contribution < 1.29 is 14.2 Å². The summed E-state index contributed by atoms with van der Waals surface area (Å²) in [6, 6.07) is 18.6. The third-order valence-corrected chi connectivity index (χ3v) is 5.25. The minimum absolute atomic E-state index is 0.0275. The first-order valence-electron chi connectivity index (χ1n) is 9.29. The van der Waals surface area contributed by atoms with Gasteiger partial charge in [-0.2, -0.15) is 0 Å². The summed E-state index contributed by atoms with van der Waals surface area (Å²) in [5.74, 6) is 2.35. The number of methoxy groups -OCH3 is 3. The van der Waals surface area contributed by atoms with Crippen molar-refractivity contribution in [3.63, 3.8) is 0 Å². The highest BCUT2D eigenvalue weighted by Crippen LogP contribution is 2.39. The SMILES string of the molecule is COc1cccc([C@@H]2N[C@H](c3cccnc3OC)Cc3cc(OC)ccc32)c1. The van der Waals surface area contributed by atoms with Gasteiger partial charge in [-0.3, -0.25) is 5.32 Å². The maximum absolute atomic E-state index is 5.51. The Bertz CT molecular complexity index is 974. The van der Waals surface area contributed by atoms with Gasteiger partial charge in [0.05, 0.1) is 27.4 Å². The predicted molar refractivity (Wildman–Crippen MR) is 108 cm³/mol. The lowest BCUT2D eigenvalue weighted by molar-refractivity contribution is 0.371. The second-order valence-electron chi connectivity index (χ2n) is 6.80. The molecule has 0 bridgehead atoms. The third kappa shape index (κ3) is 3.41. The van der Waals surface area contributed by atoms with Crippen molar-refractivity contribution >= 4 is 0 Å². The van der Waals surface area contributed by atoms with Gasteiger partial charge in [0.15, 0.2) is 0 Å². The van der Waals surface area contributed by atoms with Crippen LogP contribution in [0.2, 0.25) is 0 Å². The molecule has 1 aromatic heterocycles. The van der Waals surface area contributed by atoms with E-state index >= 15 is 0 Å². The Morgan fingerprint density at radius 2 is 1.68 bits per heavy atom. The number of aromatic nitrogens is 1. The molecule has 0 unspecified atom stereocenters. The van der Waals surface area contributed by atoms with E-state index in [-0.39, 0.29) is 12.1 Å². The minimum atomic E-state index is 0.0275. The second kappa shape index (κ2) is 7.90. The van der Waals surface area contributed by atoms with Crippen LogP contribution in [-0.4, -0.2) is 26.3 Å². The van der Waals surface area contributed by atoms with Crippen molar-refractivity contribution in [1.82, 2.24) is 10.3 Å². The number of nitrogens with one attached hydrogen (secondary N) is 1. The van der Waals surface area contributed by atoms with Crippen LogP contribution in [0.25, 0.3) is 0 Å². The molecule has 0 saturated carbocycles. The van der Waals surface area contributed by atoms with Gasteiger partial charge < -0.3 is 14.2 Å². The Morgan fingerprint density at radius 3 is 2.46 bits per heavy atom. The highest BCUT2D eigenvalue weighted by molar-refractivity contribution is 5.47. The number of hydrogen-bond acceptors (Lipinski definition) is 5. The van der Waals surface area contributed by atoms with E-state index < -0.39 is 0 Å². The lowest BCUT2D eigenvalue weighted by Gasteiger charge is -2.34. The van der Waals surface area contributed by atoms with Crippen molar-refractivity contribution in [3.05, 3.63) is 83.0 Å². The fourth-order valence-corrected chi connectivity index (χ4v) is 3.87. The largest absolute Gasteiger partial charge is 0.497 e. The van der Waals surface area contributed by atoms with Gasteiger partial charge >= 0.3 is 0 Å². The molecule has 5 nitrogen and oxygen atoms in total. The molecule has 0 spiro atoms. The Hall–Kier alpha value is -3.05. The molecule has 0 amide bonds. The monoisotopic (exact) mass is 376 g/mol. The van der Waals surface area contributed by atoms with E-state index in [1.165, 1.54) is 11.1 Å². The summed E-state index contributed by atoms with van der Waals surface area (Å²) >= 11 is 0. The highest BCUT2D eigenvalue weighted by atomic mass is 16.5. The molecule has 2 heterocycles. The van der Waals surface area contributed by atoms with E-state index in [0.717, 1.165) is 29.0 Å². The molecule has 3 aromatic rings. The predicted octanol–water partition coefficient (Wildman–Crippen LogP) is 4.08. The molecule has 2 atom stereocenters. The van der Waals surface area contributed by atoms with Crippen molar-refractivity contribution in [3.8, 4) is 17.4 Å². The van der Waals surface area contributed by atoms with Gasteiger partial charge in [0.1, 0.15) is 11.5 Å². The first-order chi connectivity index (χ1) is 13.7. The lowest BCUT2D eigenvalue weighted by atomic mass is 9.84. The summed E-state index contributed by atoms with van der Waals surface area (Å²) in [6.45, 7) is 0. The van der Waals surface area contributed by atoms with Crippen molar-refractivity contribution in [2.75, 3.05) is 21.3 Å². The topological polar surface area (TPSA) is 52.6 Å². The van der Waals surface area contributed by atoms with Crippen LogP contribution in [0.4, 0.5) is 0 Å². The second-order valence-corrected chi connectivity index (χ2v) is 6.80. The molecule has 0 fully saturated rings. The van der Waals surface area contributed by atoms with E-state index in [2.05, 4.69) is 40.6 Å². The minimum Gasteiger partial charge on any atom is -0.497 e. The van der Waals surface area contributed by atoms with Gasteiger partial charge in [-0.1, -0.05) is 24.3 Å². The molecule has 4 rings (SSSR count). The van der Waals surface area contributed by atoms with Gasteiger partial charge in [0, 0.05) is 17.8 Å². The molecule has 28 heavy (non-hydrogen) atoms. The van der Waals surface area contributed by atoms with Crippen LogP contribution in [0.5, 0.6) is 17.4 Å². The van der Waals surface area contributed by atoms with Gasteiger partial charge in [0.25, 0.3) is 0 Å². The van der Waals surface area contributed by atoms with Gasteiger partial charge in [-0.25, -0.2) is 4.98 Å². The highest BCUT2D eigenvalue weighted by Gasteiger charge is 2.30. The van der Waals surface area contributed by atoms with E-state index in [0.29, 0.717) is 5.88 Å². The van der Waals surface area contributed by atoms with Crippen LogP contribution in [0.3, 0.4) is 0 Å². The summed E-state index contributed by atoms with van der Waals surface area (Å²) in [7, 11) is 5.05. The zero-order chi connectivity index (χ0) is 19.5. The fraction of sp³-hybridized carbons (Fsp3) is 0.261. The van der Waals surface area contributed by atoms with Crippen LogP contribution >= 0.6 is 0 Å². The maximum Gasteiger partial charge on any atom is 0.217 e. The van der Waals surface area contributed by atoms with Crippen LogP contribution in [0.1, 0.15) is 34.3 Å². The quantitative estimate of drug-likeness (QED) is 0.727. The standard InChI is InChI=1S/C23H24N2O3/c1-26-17-7-4-6-15(12-17)22-19-10-9-18(27-2)13-16(19)14-21(25-22)20-8-5-11-24-23(20)28-3/h4-13,21-22,25H,14H2,1-3H3/t21-,22-/m0/s1. The molecule has 144 valence electrons. The number of nitrogens with zero attached hydrogens (tertiary/aromatic N) is 1. The molecule has 1 aliphatic heterocycles. The summed E-state index contributed by atoms with van der Waals surface area (Å²) in [4.78, 5) is 4.38. The van der Waals surface area contributed by atoms with Crippen LogP contribution in [0.15, 0.2) is 60.8 Å². The van der Waals surface area contributed by atoms with Crippen LogP contribution in [-0.2, 0) is 6.42 Å². The Morgan fingerprint density at radius 1 is 0.857 bits per heavy atom. The van der Waals surface area contributed by atoms with Crippen molar-refractivity contribution in [1.29, 1.82) is 0 Å². The van der Waals surface area contributed by atoms with Crippen molar-refractivity contribution in [2.45, 2.75) is 18.5 Å². The van der Waals surface area contributed by atoms with Gasteiger partial charge in [-0.15, -0.1) is 0 Å². The number of benzene rings is 2. The average molecular weight is 376 g/mol. The Kier molecular flexibility index (Phi) is 5.17. The number of hydrogen-bond donors (Lipinski definition) is 1. The summed E-state index contributed by atoms with van der Waals surface area (Å²) < 4.78 is 16.4. The van der Waals surface area contributed by atoms with E-state index in [9.17, 15) is 0 Å². The zero-order valence-corrected chi connectivity index (χ0v) is 16.3. The van der Waals surface area contributed by atoms with Crippen molar-refractivity contribution in [2.24, 2.45) is 0 Å². The smallest absolute Gasteiger partial charge is 0.217 e. The molecule has 5 heteroatoms. The molecular formula is C23H24N2O3. The van der Waals surface area contributed by atoms with E-state index in [1.54, 1.807) is 27.5 Å². The number of rotatable bonds is 5. The molecule has 0 radical (unpaired) electrons. The first kappa shape index (κ1) is 18.3. The molecular weight excluding hydrogens is 352 g/mol. The summed E-state index contributed by atoms with van der Waals surface area (Å²) in [5, 5.41) is 3.79. The maximum atomic E-state index is 5.51. The van der Waals surface area contributed by atoms with E-state index in [4.69, 9.17) is 14.2 Å². The molecule has 0 saturated heterocycles. The molecule has 1 aliphatic rings. The zero-order valence-electron chi connectivity index (χ0n) is 16.3. The Labute approximate surface area is 165 Å². The molecule has 2 aromatic carbocycles. The number of pyridine rings is 1. The lowest BCUT2D eigenvalue weighted by Crippen LogP contribution is -2.34. The van der Waals surface area contributed by atoms with Crippen LogP contribution < -0.4 is 19.5 Å². The van der Waals surface area contributed by atoms with Gasteiger partial charge in [-0.05, 0) is 53.4 Å². The summed E-state index contributed by atoms with van der Waals surface area (Å²) in [5.41, 5.74) is 4.69.